The number of amides is 1. The third-order valence-corrected chi connectivity index (χ3v) is 5.10. The van der Waals surface area contributed by atoms with Gasteiger partial charge in [-0.25, -0.2) is 9.07 Å². The second kappa shape index (κ2) is 8.35. The van der Waals surface area contributed by atoms with Crippen LogP contribution in [0.25, 0.3) is 11.4 Å². The Balaban J connectivity index is 1.68. The Labute approximate surface area is 172 Å². The predicted octanol–water partition coefficient (Wildman–Crippen LogP) is 4.49. The zero-order chi connectivity index (χ0) is 19.6. The number of nitrogen functional groups attached to an aromatic ring is 1. The van der Waals surface area contributed by atoms with Crippen LogP contribution in [-0.4, -0.2) is 26.5 Å². The Morgan fingerprint density at radius 3 is 2.56 bits per heavy atom. The van der Waals surface area contributed by atoms with E-state index in [0.717, 1.165) is 17.8 Å². The van der Waals surface area contributed by atoms with E-state index in [4.69, 9.17) is 40.6 Å². The van der Waals surface area contributed by atoms with Crippen molar-refractivity contribution in [2.75, 3.05) is 16.9 Å². The molecule has 1 amide bonds. The van der Waals surface area contributed by atoms with Gasteiger partial charge < -0.3 is 11.2 Å². The van der Waals surface area contributed by atoms with Gasteiger partial charge in [0.25, 0.3) is 0 Å². The van der Waals surface area contributed by atoms with E-state index in [1.807, 2.05) is 0 Å². The largest absolute Gasteiger partial charge is 0.335 e. The van der Waals surface area contributed by atoms with E-state index in [1.165, 1.54) is 16.8 Å². The minimum atomic E-state index is -0.623. The number of nitrogens with one attached hydrogen (secondary N) is 1. The quantitative estimate of drug-likeness (QED) is 0.445. The van der Waals surface area contributed by atoms with Crippen molar-refractivity contribution in [1.29, 1.82) is 0 Å². The van der Waals surface area contributed by atoms with Gasteiger partial charge in [0.1, 0.15) is 5.82 Å². The fraction of sp³-hybridized carbons (Fsp3) is 0.0625. The topological polar surface area (TPSA) is 85.8 Å². The maximum Gasteiger partial charge on any atom is 0.234 e. The Hall–Kier alpha value is -2.00. The van der Waals surface area contributed by atoms with Gasteiger partial charge in [-0.3, -0.25) is 4.79 Å². The summed E-state index contributed by atoms with van der Waals surface area (Å²) in [7, 11) is 0. The van der Waals surface area contributed by atoms with Crippen LogP contribution in [0.5, 0.6) is 0 Å². The third-order valence-electron chi connectivity index (χ3n) is 3.37. The van der Waals surface area contributed by atoms with Gasteiger partial charge in [0.05, 0.1) is 16.5 Å². The molecule has 3 N–H and O–H groups in total. The van der Waals surface area contributed by atoms with Crippen LogP contribution in [0.15, 0.2) is 41.6 Å². The molecule has 27 heavy (non-hydrogen) atoms. The summed E-state index contributed by atoms with van der Waals surface area (Å²) in [6.07, 6.45) is 0. The van der Waals surface area contributed by atoms with Gasteiger partial charge in [0.15, 0.2) is 5.82 Å². The average molecular weight is 447 g/mol. The fourth-order valence-corrected chi connectivity index (χ4v) is 3.45. The van der Waals surface area contributed by atoms with Gasteiger partial charge in [0.2, 0.25) is 11.1 Å². The first kappa shape index (κ1) is 19.8. The van der Waals surface area contributed by atoms with Crippen LogP contribution >= 0.6 is 46.6 Å². The summed E-state index contributed by atoms with van der Waals surface area (Å²) < 4.78 is 14.9. The first-order chi connectivity index (χ1) is 12.8. The number of thioether (sulfide) groups is 1. The number of nitrogens with zero attached hydrogens (tertiary/aromatic N) is 3. The Morgan fingerprint density at radius 2 is 1.85 bits per heavy atom. The molecular weight excluding hydrogens is 436 g/mol. The maximum atomic E-state index is 13.7. The van der Waals surface area contributed by atoms with Crippen LogP contribution < -0.4 is 11.2 Å². The van der Waals surface area contributed by atoms with Crippen molar-refractivity contribution in [3.8, 4) is 11.4 Å². The molecule has 3 aromatic rings. The Morgan fingerprint density at radius 1 is 1.15 bits per heavy atom. The van der Waals surface area contributed by atoms with Crippen molar-refractivity contribution >= 4 is 58.2 Å². The van der Waals surface area contributed by atoms with Crippen LogP contribution in [0.2, 0.25) is 15.1 Å². The highest BCUT2D eigenvalue weighted by molar-refractivity contribution is 7.99. The lowest BCUT2D eigenvalue weighted by molar-refractivity contribution is -0.113. The number of carbonyl (C=O) groups is 1. The van der Waals surface area contributed by atoms with Gasteiger partial charge in [-0.15, -0.1) is 10.2 Å². The van der Waals surface area contributed by atoms with Gasteiger partial charge in [-0.1, -0.05) is 46.6 Å². The molecule has 0 aliphatic heterocycles. The number of hydrogen-bond acceptors (Lipinski definition) is 5. The molecule has 2 aromatic carbocycles. The van der Waals surface area contributed by atoms with E-state index in [2.05, 4.69) is 15.5 Å². The number of hydrogen-bond donors (Lipinski definition) is 2. The zero-order valence-electron chi connectivity index (χ0n) is 13.4. The van der Waals surface area contributed by atoms with Crippen LogP contribution in [0.3, 0.4) is 0 Å². The average Bonchev–Trinajstić information content (AvgIpc) is 2.96. The molecule has 0 saturated carbocycles. The number of rotatable bonds is 5. The lowest BCUT2D eigenvalue weighted by Gasteiger charge is -2.07. The number of nitrogens with two attached hydrogens (primary N) is 1. The minimum Gasteiger partial charge on any atom is -0.335 e. The van der Waals surface area contributed by atoms with Crippen LogP contribution in [0, 0.1) is 5.82 Å². The van der Waals surface area contributed by atoms with Crippen LogP contribution in [0.4, 0.5) is 10.1 Å². The second-order valence-corrected chi connectivity index (χ2v) is 7.48. The normalized spacial score (nSPS) is 10.8. The molecule has 0 unspecified atom stereocenters. The van der Waals surface area contributed by atoms with Crippen molar-refractivity contribution in [2.45, 2.75) is 5.16 Å². The molecule has 6 nitrogen and oxygen atoms in total. The summed E-state index contributed by atoms with van der Waals surface area (Å²) in [5.74, 6) is 5.21. The van der Waals surface area contributed by atoms with E-state index < -0.39 is 11.7 Å². The van der Waals surface area contributed by atoms with E-state index in [-0.39, 0.29) is 16.5 Å². The van der Waals surface area contributed by atoms with Crippen molar-refractivity contribution in [3.05, 3.63) is 57.3 Å². The highest BCUT2D eigenvalue weighted by Gasteiger charge is 2.16. The summed E-state index contributed by atoms with van der Waals surface area (Å²) in [5.41, 5.74) is 0.587. The van der Waals surface area contributed by atoms with Crippen LogP contribution in [0.1, 0.15) is 0 Å². The smallest absolute Gasteiger partial charge is 0.234 e. The second-order valence-electron chi connectivity index (χ2n) is 5.26. The van der Waals surface area contributed by atoms with Gasteiger partial charge in [-0.2, -0.15) is 0 Å². The molecule has 0 saturated heterocycles. The molecule has 11 heteroatoms. The highest BCUT2D eigenvalue weighted by Crippen LogP contribution is 2.30. The number of aromatic nitrogens is 3. The summed E-state index contributed by atoms with van der Waals surface area (Å²) in [5, 5.41) is 11.8. The molecule has 140 valence electrons. The predicted molar refractivity (Wildman–Crippen MR) is 106 cm³/mol. The molecule has 3 rings (SSSR count). The summed E-state index contributed by atoms with van der Waals surface area (Å²) in [6.45, 7) is 0. The molecule has 0 bridgehead atoms. The van der Waals surface area contributed by atoms with E-state index in [9.17, 15) is 9.18 Å². The number of halogens is 4. The van der Waals surface area contributed by atoms with Crippen molar-refractivity contribution in [3.63, 3.8) is 0 Å². The molecule has 0 fully saturated rings. The first-order valence-corrected chi connectivity index (χ1v) is 9.50. The highest BCUT2D eigenvalue weighted by atomic mass is 35.5. The van der Waals surface area contributed by atoms with Gasteiger partial charge in [0, 0.05) is 15.6 Å². The Kier molecular flexibility index (Phi) is 6.11. The zero-order valence-corrected chi connectivity index (χ0v) is 16.5. The standard InChI is InChI=1S/C16H11Cl3FN5OS/c17-8-1-3-10(11(19)5-8)15-23-24-16(25(15)21)27-7-14(26)22-13-4-2-9(18)6-12(13)20/h1-6H,7,21H2,(H,22,26). The first-order valence-electron chi connectivity index (χ1n) is 7.39. The third kappa shape index (κ3) is 4.65. The van der Waals surface area contributed by atoms with Gasteiger partial charge >= 0.3 is 0 Å². The lowest BCUT2D eigenvalue weighted by Crippen LogP contribution is -2.17. The van der Waals surface area contributed by atoms with Crippen molar-refractivity contribution in [1.82, 2.24) is 14.9 Å². The molecule has 1 heterocycles. The maximum absolute atomic E-state index is 13.7. The minimum absolute atomic E-state index is 0.0350. The fourth-order valence-electron chi connectivity index (χ4n) is 2.14. The van der Waals surface area contributed by atoms with E-state index >= 15 is 0 Å². The molecule has 0 radical (unpaired) electrons. The molecule has 0 aliphatic carbocycles. The summed E-state index contributed by atoms with van der Waals surface area (Å²) in [4.78, 5) is 12.0. The summed E-state index contributed by atoms with van der Waals surface area (Å²) in [6, 6.07) is 8.86. The molecule has 1 aromatic heterocycles. The SMILES string of the molecule is Nn1c(SCC(=O)Nc2ccc(Cl)cc2F)nnc1-c1ccc(Cl)cc1Cl. The molecular formula is C16H11Cl3FN5OS. The van der Waals surface area contributed by atoms with Gasteiger partial charge in [-0.05, 0) is 36.4 Å². The van der Waals surface area contributed by atoms with E-state index in [1.54, 1.807) is 18.2 Å². The molecule has 0 spiro atoms. The summed E-state index contributed by atoms with van der Waals surface area (Å²) >= 11 is 18.8. The Bertz CT molecular complexity index is 1010. The monoisotopic (exact) mass is 445 g/mol. The molecule has 0 atom stereocenters. The van der Waals surface area contributed by atoms with Crippen molar-refractivity contribution < 1.29 is 9.18 Å². The van der Waals surface area contributed by atoms with E-state index in [0.29, 0.717) is 26.6 Å². The van der Waals surface area contributed by atoms with Crippen molar-refractivity contribution in [2.24, 2.45) is 0 Å². The number of anilines is 1. The van der Waals surface area contributed by atoms with Crippen LogP contribution in [-0.2, 0) is 4.79 Å². The number of benzene rings is 2. The number of carbonyl (C=O) groups excluding carboxylic acids is 1. The molecule has 0 aliphatic rings. The lowest BCUT2D eigenvalue weighted by atomic mass is 10.2.